The number of halogens is 3. The number of hydrazine groups is 1. The molecule has 1 amide bonds. The fourth-order valence-corrected chi connectivity index (χ4v) is 1.60. The number of hydrogen-bond donors (Lipinski definition) is 3. The van der Waals surface area contributed by atoms with E-state index in [9.17, 15) is 18.0 Å². The van der Waals surface area contributed by atoms with Gasteiger partial charge in [-0.1, -0.05) is 0 Å². The number of nitrogens with zero attached hydrogens (tertiary/aromatic N) is 2. The van der Waals surface area contributed by atoms with Gasteiger partial charge in [0.05, 0.1) is 11.3 Å². The van der Waals surface area contributed by atoms with Crippen LogP contribution in [0.1, 0.15) is 15.9 Å². The lowest BCUT2D eigenvalue weighted by Gasteiger charge is -2.13. The van der Waals surface area contributed by atoms with E-state index < -0.39 is 17.6 Å². The fourth-order valence-electron chi connectivity index (χ4n) is 1.60. The summed E-state index contributed by atoms with van der Waals surface area (Å²) in [4.78, 5) is 11.9. The second-order valence-electron chi connectivity index (χ2n) is 3.97. The van der Waals surface area contributed by atoms with E-state index in [2.05, 4.69) is 15.5 Å². The third kappa shape index (κ3) is 3.45. The van der Waals surface area contributed by atoms with Gasteiger partial charge in [-0.25, -0.2) is 0 Å². The lowest BCUT2D eigenvalue weighted by Crippen LogP contribution is -2.18. The first-order valence-corrected chi connectivity index (χ1v) is 5.68. The average Bonchev–Trinajstić information content (AvgIpc) is 2.46. The standard InChI is InChI=1S/C12H10F3N5O/c13-12(14,15)8-6-7(3-4-9(8)19-16)11(21)18-10-2-1-5-17-20-10/h1-6,19H,16H2,(H,18,20,21). The van der Waals surface area contributed by atoms with Gasteiger partial charge in [-0.05, 0) is 30.3 Å². The Morgan fingerprint density at radius 1 is 1.24 bits per heavy atom. The molecule has 1 heterocycles. The van der Waals surface area contributed by atoms with Crippen molar-refractivity contribution >= 4 is 17.4 Å². The minimum Gasteiger partial charge on any atom is -0.324 e. The molecule has 0 saturated heterocycles. The zero-order valence-corrected chi connectivity index (χ0v) is 10.5. The van der Waals surface area contributed by atoms with Gasteiger partial charge >= 0.3 is 6.18 Å². The van der Waals surface area contributed by atoms with E-state index in [0.717, 1.165) is 6.07 Å². The Balaban J connectivity index is 2.30. The van der Waals surface area contributed by atoms with Crippen molar-refractivity contribution < 1.29 is 18.0 Å². The Labute approximate surface area is 117 Å². The van der Waals surface area contributed by atoms with Gasteiger partial charge in [0, 0.05) is 11.8 Å². The summed E-state index contributed by atoms with van der Waals surface area (Å²) in [5, 5.41) is 9.50. The predicted molar refractivity (Wildman–Crippen MR) is 69.2 cm³/mol. The second kappa shape index (κ2) is 5.75. The summed E-state index contributed by atoms with van der Waals surface area (Å²) < 4.78 is 38.6. The lowest BCUT2D eigenvalue weighted by atomic mass is 10.1. The van der Waals surface area contributed by atoms with Gasteiger partial charge in [-0.2, -0.15) is 18.3 Å². The first-order valence-electron chi connectivity index (χ1n) is 5.68. The molecular formula is C12H10F3N5O. The van der Waals surface area contributed by atoms with Gasteiger partial charge in [0.15, 0.2) is 5.82 Å². The molecule has 6 nitrogen and oxygen atoms in total. The van der Waals surface area contributed by atoms with Crippen LogP contribution in [0.3, 0.4) is 0 Å². The molecular weight excluding hydrogens is 287 g/mol. The first-order chi connectivity index (χ1) is 9.91. The molecule has 0 aliphatic carbocycles. The maximum Gasteiger partial charge on any atom is 0.418 e. The summed E-state index contributed by atoms with van der Waals surface area (Å²) in [7, 11) is 0. The van der Waals surface area contributed by atoms with Crippen molar-refractivity contribution in [3.05, 3.63) is 47.7 Å². The van der Waals surface area contributed by atoms with Crippen LogP contribution in [-0.4, -0.2) is 16.1 Å². The van der Waals surface area contributed by atoms with E-state index in [1.807, 2.05) is 5.43 Å². The molecule has 2 rings (SSSR count). The van der Waals surface area contributed by atoms with E-state index in [-0.39, 0.29) is 17.1 Å². The van der Waals surface area contributed by atoms with Crippen molar-refractivity contribution in [1.82, 2.24) is 10.2 Å². The number of carbonyl (C=O) groups is 1. The number of nitrogens with one attached hydrogen (secondary N) is 2. The molecule has 0 atom stereocenters. The monoisotopic (exact) mass is 297 g/mol. The van der Waals surface area contributed by atoms with Gasteiger partial charge < -0.3 is 10.7 Å². The molecule has 0 saturated carbocycles. The molecule has 4 N–H and O–H groups in total. The van der Waals surface area contributed by atoms with Crippen LogP contribution in [0.4, 0.5) is 24.7 Å². The molecule has 0 unspecified atom stereocenters. The van der Waals surface area contributed by atoms with E-state index in [4.69, 9.17) is 5.84 Å². The summed E-state index contributed by atoms with van der Waals surface area (Å²) in [6.07, 6.45) is -3.23. The average molecular weight is 297 g/mol. The highest BCUT2D eigenvalue weighted by Gasteiger charge is 2.34. The Hall–Kier alpha value is -2.68. The number of amides is 1. The van der Waals surface area contributed by atoms with Crippen LogP contribution in [-0.2, 0) is 6.18 Å². The zero-order chi connectivity index (χ0) is 15.5. The SMILES string of the molecule is NNc1ccc(C(=O)Nc2cccnn2)cc1C(F)(F)F. The Morgan fingerprint density at radius 3 is 2.57 bits per heavy atom. The number of anilines is 2. The molecule has 0 bridgehead atoms. The molecule has 0 radical (unpaired) electrons. The summed E-state index contributed by atoms with van der Waals surface area (Å²) in [6.45, 7) is 0. The van der Waals surface area contributed by atoms with Gasteiger partial charge in [0.2, 0.25) is 0 Å². The minimum atomic E-state index is -4.63. The van der Waals surface area contributed by atoms with Crippen LogP contribution < -0.4 is 16.6 Å². The molecule has 0 spiro atoms. The topological polar surface area (TPSA) is 92.9 Å². The van der Waals surface area contributed by atoms with E-state index in [1.54, 1.807) is 0 Å². The Bertz CT molecular complexity index is 645. The largest absolute Gasteiger partial charge is 0.418 e. The molecule has 2 aromatic rings. The van der Waals surface area contributed by atoms with Crippen LogP contribution in [0.15, 0.2) is 36.5 Å². The molecule has 0 fully saturated rings. The van der Waals surface area contributed by atoms with Gasteiger partial charge in [0.25, 0.3) is 5.91 Å². The van der Waals surface area contributed by atoms with E-state index >= 15 is 0 Å². The van der Waals surface area contributed by atoms with Crippen LogP contribution in [0.5, 0.6) is 0 Å². The third-order valence-electron chi connectivity index (χ3n) is 2.56. The molecule has 110 valence electrons. The van der Waals surface area contributed by atoms with E-state index in [0.29, 0.717) is 6.07 Å². The highest BCUT2D eigenvalue weighted by atomic mass is 19.4. The Kier molecular flexibility index (Phi) is 4.03. The number of rotatable bonds is 3. The number of aromatic nitrogens is 2. The molecule has 1 aromatic carbocycles. The normalized spacial score (nSPS) is 11.0. The summed E-state index contributed by atoms with van der Waals surface area (Å²) >= 11 is 0. The van der Waals surface area contributed by atoms with Crippen molar-refractivity contribution in [2.75, 3.05) is 10.7 Å². The quantitative estimate of drug-likeness (QED) is 0.595. The minimum absolute atomic E-state index is 0.136. The highest BCUT2D eigenvalue weighted by molar-refractivity contribution is 6.04. The summed E-state index contributed by atoms with van der Waals surface area (Å²) in [5.41, 5.74) is 0.418. The van der Waals surface area contributed by atoms with Crippen molar-refractivity contribution in [1.29, 1.82) is 0 Å². The summed E-state index contributed by atoms with van der Waals surface area (Å²) in [6, 6.07) is 6.00. The van der Waals surface area contributed by atoms with Crippen LogP contribution >= 0.6 is 0 Å². The predicted octanol–water partition coefficient (Wildman–Crippen LogP) is 2.03. The molecule has 9 heteroatoms. The van der Waals surface area contributed by atoms with Crippen molar-refractivity contribution in [2.24, 2.45) is 5.84 Å². The number of nitrogen functional groups attached to an aromatic ring is 1. The van der Waals surface area contributed by atoms with Crippen LogP contribution in [0, 0.1) is 0 Å². The van der Waals surface area contributed by atoms with Crippen molar-refractivity contribution in [3.63, 3.8) is 0 Å². The van der Waals surface area contributed by atoms with Gasteiger partial charge in [0.1, 0.15) is 0 Å². The maximum absolute atomic E-state index is 12.9. The first kappa shape index (κ1) is 14.7. The Morgan fingerprint density at radius 2 is 2.00 bits per heavy atom. The summed E-state index contributed by atoms with van der Waals surface area (Å²) in [5.74, 6) is 4.43. The van der Waals surface area contributed by atoms with Crippen LogP contribution in [0.25, 0.3) is 0 Å². The van der Waals surface area contributed by atoms with Crippen LogP contribution in [0.2, 0.25) is 0 Å². The number of benzene rings is 1. The second-order valence-corrected chi connectivity index (χ2v) is 3.97. The number of alkyl halides is 3. The van der Waals surface area contributed by atoms with Gasteiger partial charge in [-0.3, -0.25) is 10.6 Å². The van der Waals surface area contributed by atoms with Crippen molar-refractivity contribution in [3.8, 4) is 0 Å². The highest BCUT2D eigenvalue weighted by Crippen LogP contribution is 2.35. The molecule has 0 aliphatic rings. The maximum atomic E-state index is 12.9. The third-order valence-corrected chi connectivity index (χ3v) is 2.56. The number of nitrogens with two attached hydrogens (primary N) is 1. The van der Waals surface area contributed by atoms with E-state index in [1.165, 1.54) is 24.4 Å². The smallest absolute Gasteiger partial charge is 0.324 e. The molecule has 21 heavy (non-hydrogen) atoms. The fraction of sp³-hybridized carbons (Fsp3) is 0.0833. The number of hydrogen-bond acceptors (Lipinski definition) is 5. The zero-order valence-electron chi connectivity index (χ0n) is 10.5. The lowest BCUT2D eigenvalue weighted by molar-refractivity contribution is -0.137. The van der Waals surface area contributed by atoms with Crippen molar-refractivity contribution in [2.45, 2.75) is 6.18 Å². The van der Waals surface area contributed by atoms with Gasteiger partial charge in [-0.15, -0.1) is 5.10 Å². The molecule has 1 aromatic heterocycles. The number of carbonyl (C=O) groups excluding carboxylic acids is 1. The molecule has 0 aliphatic heterocycles.